The van der Waals surface area contributed by atoms with Gasteiger partial charge in [-0.1, -0.05) is 13.8 Å². The first-order valence-electron chi connectivity index (χ1n) is 6.52. The van der Waals surface area contributed by atoms with Crippen LogP contribution in [0.15, 0.2) is 39.3 Å². The van der Waals surface area contributed by atoms with E-state index in [4.69, 9.17) is 15.2 Å². The molecule has 0 saturated carbocycles. The Bertz CT molecular complexity index is 634. The van der Waals surface area contributed by atoms with Gasteiger partial charge in [0.05, 0.1) is 16.1 Å². The van der Waals surface area contributed by atoms with Crippen molar-refractivity contribution in [2.24, 2.45) is 0 Å². The summed E-state index contributed by atoms with van der Waals surface area (Å²) in [6.07, 6.45) is 0. The number of benzene rings is 2. The predicted octanol–water partition coefficient (Wildman–Crippen LogP) is 5.72. The van der Waals surface area contributed by atoms with Crippen LogP contribution in [0, 0.1) is 0 Å². The van der Waals surface area contributed by atoms with Crippen molar-refractivity contribution in [1.29, 1.82) is 0 Å². The normalized spacial score (nSPS) is 10.8. The fraction of sp³-hybridized carbons (Fsp3) is 0.250. The van der Waals surface area contributed by atoms with Crippen LogP contribution in [-0.2, 0) is 0 Å². The molecule has 0 aliphatic rings. The third-order valence-corrected chi connectivity index (χ3v) is 4.24. The fourth-order valence-corrected chi connectivity index (χ4v) is 3.41. The molecular formula is C16H17Br2NO2. The maximum atomic E-state index is 5.98. The second-order valence-electron chi connectivity index (χ2n) is 4.97. The van der Waals surface area contributed by atoms with E-state index in [9.17, 15) is 0 Å². The maximum Gasteiger partial charge on any atom is 0.155 e. The SMILES string of the molecule is COc1ccc(Oc2c(Br)cc(N)cc2Br)cc1C(C)C. The molecule has 0 aliphatic heterocycles. The second kappa shape index (κ2) is 6.71. The molecular weight excluding hydrogens is 398 g/mol. The number of nitrogens with two attached hydrogens (primary N) is 1. The fourth-order valence-electron chi connectivity index (χ4n) is 2.02. The van der Waals surface area contributed by atoms with Crippen molar-refractivity contribution >= 4 is 37.5 Å². The molecule has 0 amide bonds. The van der Waals surface area contributed by atoms with Crippen LogP contribution >= 0.6 is 31.9 Å². The largest absolute Gasteiger partial charge is 0.496 e. The van der Waals surface area contributed by atoms with E-state index in [1.807, 2.05) is 30.3 Å². The van der Waals surface area contributed by atoms with Gasteiger partial charge in [-0.25, -0.2) is 0 Å². The number of ether oxygens (including phenoxy) is 2. The molecule has 0 saturated heterocycles. The van der Waals surface area contributed by atoms with Crippen LogP contribution in [0.3, 0.4) is 0 Å². The summed E-state index contributed by atoms with van der Waals surface area (Å²) in [6, 6.07) is 9.43. The van der Waals surface area contributed by atoms with E-state index >= 15 is 0 Å². The highest BCUT2D eigenvalue weighted by molar-refractivity contribution is 9.11. The lowest BCUT2D eigenvalue weighted by atomic mass is 10.0. The van der Waals surface area contributed by atoms with Crippen molar-refractivity contribution in [2.75, 3.05) is 12.8 Å². The zero-order chi connectivity index (χ0) is 15.6. The van der Waals surface area contributed by atoms with E-state index in [0.29, 0.717) is 17.4 Å². The molecule has 0 bridgehead atoms. The quantitative estimate of drug-likeness (QED) is 0.650. The van der Waals surface area contributed by atoms with E-state index in [2.05, 4.69) is 45.7 Å². The Kier molecular flexibility index (Phi) is 5.17. The van der Waals surface area contributed by atoms with Crippen LogP contribution in [0.2, 0.25) is 0 Å². The number of hydrogen-bond acceptors (Lipinski definition) is 3. The lowest BCUT2D eigenvalue weighted by Crippen LogP contribution is -1.96. The molecule has 0 aromatic heterocycles. The zero-order valence-corrected chi connectivity index (χ0v) is 15.3. The first-order chi connectivity index (χ1) is 9.92. The van der Waals surface area contributed by atoms with E-state index in [-0.39, 0.29) is 0 Å². The van der Waals surface area contributed by atoms with Crippen LogP contribution in [0.5, 0.6) is 17.2 Å². The van der Waals surface area contributed by atoms with Gasteiger partial charge < -0.3 is 15.2 Å². The Morgan fingerprint density at radius 3 is 2.19 bits per heavy atom. The summed E-state index contributed by atoms with van der Waals surface area (Å²) in [5, 5.41) is 0. The summed E-state index contributed by atoms with van der Waals surface area (Å²) in [7, 11) is 1.68. The molecule has 0 aliphatic carbocycles. The number of methoxy groups -OCH3 is 1. The third-order valence-electron chi connectivity index (χ3n) is 3.06. The Morgan fingerprint density at radius 1 is 1.05 bits per heavy atom. The van der Waals surface area contributed by atoms with Crippen LogP contribution in [0.1, 0.15) is 25.3 Å². The van der Waals surface area contributed by atoms with Crippen molar-refractivity contribution in [2.45, 2.75) is 19.8 Å². The first kappa shape index (κ1) is 16.2. The van der Waals surface area contributed by atoms with Gasteiger partial charge in [-0.3, -0.25) is 0 Å². The molecule has 0 unspecified atom stereocenters. The molecule has 0 fully saturated rings. The molecule has 112 valence electrons. The number of anilines is 1. The average molecular weight is 415 g/mol. The Balaban J connectivity index is 2.39. The highest BCUT2D eigenvalue weighted by Crippen LogP contribution is 2.40. The lowest BCUT2D eigenvalue weighted by Gasteiger charge is -2.15. The van der Waals surface area contributed by atoms with Gasteiger partial charge in [-0.15, -0.1) is 0 Å². The molecule has 21 heavy (non-hydrogen) atoms. The Morgan fingerprint density at radius 2 is 1.67 bits per heavy atom. The molecule has 0 heterocycles. The minimum absolute atomic E-state index is 0.349. The molecule has 0 spiro atoms. The molecule has 2 aromatic rings. The Hall–Kier alpha value is -1.20. The zero-order valence-electron chi connectivity index (χ0n) is 12.1. The van der Waals surface area contributed by atoms with Gasteiger partial charge in [0.2, 0.25) is 0 Å². The Labute approximate surface area is 141 Å². The first-order valence-corrected chi connectivity index (χ1v) is 8.11. The van der Waals surface area contributed by atoms with Crippen LogP contribution in [0.4, 0.5) is 5.69 Å². The second-order valence-corrected chi connectivity index (χ2v) is 6.68. The van der Waals surface area contributed by atoms with Crippen molar-refractivity contribution in [3.8, 4) is 17.2 Å². The standard InChI is InChI=1S/C16H17Br2NO2/c1-9(2)12-8-11(4-5-15(12)20-3)21-16-13(17)6-10(19)7-14(16)18/h4-9H,19H2,1-3H3. The lowest BCUT2D eigenvalue weighted by molar-refractivity contribution is 0.405. The smallest absolute Gasteiger partial charge is 0.155 e. The van der Waals surface area contributed by atoms with E-state index < -0.39 is 0 Å². The average Bonchev–Trinajstić information content (AvgIpc) is 2.42. The van der Waals surface area contributed by atoms with Crippen LogP contribution in [-0.4, -0.2) is 7.11 Å². The summed E-state index contributed by atoms with van der Waals surface area (Å²) in [4.78, 5) is 0. The molecule has 0 radical (unpaired) electrons. The maximum absolute atomic E-state index is 5.98. The van der Waals surface area contributed by atoms with Gasteiger partial charge >= 0.3 is 0 Å². The summed E-state index contributed by atoms with van der Waals surface area (Å²) in [5.74, 6) is 2.67. The highest BCUT2D eigenvalue weighted by atomic mass is 79.9. The minimum Gasteiger partial charge on any atom is -0.496 e. The van der Waals surface area contributed by atoms with Crippen molar-refractivity contribution in [3.05, 3.63) is 44.8 Å². The summed E-state index contributed by atoms with van der Waals surface area (Å²) in [5.41, 5.74) is 7.57. The topological polar surface area (TPSA) is 44.5 Å². The minimum atomic E-state index is 0.349. The summed E-state index contributed by atoms with van der Waals surface area (Å²) in [6.45, 7) is 4.24. The van der Waals surface area contributed by atoms with Gasteiger partial charge in [0.25, 0.3) is 0 Å². The number of rotatable bonds is 4. The van der Waals surface area contributed by atoms with Gasteiger partial charge in [0, 0.05) is 11.3 Å². The van der Waals surface area contributed by atoms with Gasteiger partial charge in [0.15, 0.2) is 5.75 Å². The van der Waals surface area contributed by atoms with E-state index in [1.165, 1.54) is 0 Å². The molecule has 2 N–H and O–H groups in total. The number of hydrogen-bond donors (Lipinski definition) is 1. The summed E-state index contributed by atoms with van der Waals surface area (Å²) >= 11 is 6.94. The molecule has 5 heteroatoms. The van der Waals surface area contributed by atoms with Crippen molar-refractivity contribution < 1.29 is 9.47 Å². The predicted molar refractivity (Wildman–Crippen MR) is 93.4 cm³/mol. The summed E-state index contributed by atoms with van der Waals surface area (Å²) < 4.78 is 13.0. The van der Waals surface area contributed by atoms with Gasteiger partial charge in [-0.2, -0.15) is 0 Å². The molecule has 3 nitrogen and oxygen atoms in total. The van der Waals surface area contributed by atoms with Gasteiger partial charge in [0.1, 0.15) is 11.5 Å². The molecule has 2 rings (SSSR count). The number of nitrogen functional groups attached to an aromatic ring is 1. The van der Waals surface area contributed by atoms with Crippen molar-refractivity contribution in [3.63, 3.8) is 0 Å². The van der Waals surface area contributed by atoms with E-state index in [0.717, 1.165) is 26.0 Å². The van der Waals surface area contributed by atoms with Crippen LogP contribution < -0.4 is 15.2 Å². The van der Waals surface area contributed by atoms with Crippen LogP contribution in [0.25, 0.3) is 0 Å². The third kappa shape index (κ3) is 3.71. The van der Waals surface area contributed by atoms with Gasteiger partial charge in [-0.05, 0) is 68.1 Å². The number of halogens is 2. The highest BCUT2D eigenvalue weighted by Gasteiger charge is 2.13. The van der Waals surface area contributed by atoms with Crippen molar-refractivity contribution in [1.82, 2.24) is 0 Å². The molecule has 0 atom stereocenters. The monoisotopic (exact) mass is 413 g/mol. The molecule has 2 aromatic carbocycles. The van der Waals surface area contributed by atoms with E-state index in [1.54, 1.807) is 7.11 Å².